The van der Waals surface area contributed by atoms with Crippen LogP contribution in [-0.4, -0.2) is 34.3 Å². The first-order chi connectivity index (χ1) is 13.5. The first-order valence-corrected chi connectivity index (χ1v) is 9.87. The number of anilines is 1. The van der Waals surface area contributed by atoms with E-state index in [4.69, 9.17) is 0 Å². The Bertz CT molecular complexity index is 938. The smallest absolute Gasteiger partial charge is 0.269 e. The molecule has 7 nitrogen and oxygen atoms in total. The first kappa shape index (κ1) is 19.8. The number of para-hydroxylation sites is 1. The molecule has 1 atom stereocenters. The fourth-order valence-corrected chi connectivity index (χ4v) is 3.86. The van der Waals surface area contributed by atoms with Crippen LogP contribution in [0.1, 0.15) is 30.8 Å². The number of fused-ring (bicyclic) bond motifs is 1. The lowest BCUT2D eigenvalue weighted by Crippen LogP contribution is -2.29. The zero-order chi connectivity index (χ0) is 20.1. The highest BCUT2D eigenvalue weighted by atomic mass is 32.1. The number of nitro groups is 1. The third kappa shape index (κ3) is 4.64. The molecule has 0 aliphatic rings. The van der Waals surface area contributed by atoms with Crippen molar-refractivity contribution in [3.05, 3.63) is 63.7 Å². The Balaban J connectivity index is 1.47. The monoisotopic (exact) mass is 398 g/mol. The number of thiazole rings is 1. The van der Waals surface area contributed by atoms with Gasteiger partial charge >= 0.3 is 0 Å². The molecule has 0 aliphatic carbocycles. The van der Waals surface area contributed by atoms with Gasteiger partial charge in [-0.2, -0.15) is 0 Å². The molecular formula is C20H22N4O3S. The van der Waals surface area contributed by atoms with Crippen LogP contribution in [0.5, 0.6) is 0 Å². The molecule has 0 radical (unpaired) electrons. The van der Waals surface area contributed by atoms with Crippen LogP contribution in [0.4, 0.5) is 11.4 Å². The zero-order valence-corrected chi connectivity index (χ0v) is 16.6. The number of hydrogen-bond donors (Lipinski definition) is 1. The maximum atomic E-state index is 12.5. The normalized spacial score (nSPS) is 11.9. The number of non-ortho nitro benzene ring substituents is 1. The van der Waals surface area contributed by atoms with E-state index in [0.29, 0.717) is 19.4 Å². The van der Waals surface area contributed by atoms with E-state index >= 15 is 0 Å². The molecule has 3 rings (SSSR count). The van der Waals surface area contributed by atoms with Crippen LogP contribution < -0.4 is 5.32 Å². The third-order valence-corrected chi connectivity index (χ3v) is 5.82. The van der Waals surface area contributed by atoms with Crippen LogP contribution in [-0.2, 0) is 4.79 Å². The van der Waals surface area contributed by atoms with E-state index in [2.05, 4.69) is 10.3 Å². The molecule has 0 saturated heterocycles. The number of nitrogens with zero attached hydrogens (tertiary/aromatic N) is 3. The predicted molar refractivity (Wildman–Crippen MR) is 112 cm³/mol. The van der Waals surface area contributed by atoms with Gasteiger partial charge < -0.3 is 10.2 Å². The maximum absolute atomic E-state index is 12.5. The molecule has 0 saturated carbocycles. The lowest BCUT2D eigenvalue weighted by atomic mass is 10.2. The molecule has 0 fully saturated rings. The molecule has 1 N–H and O–H groups in total. The number of aromatic nitrogens is 1. The Morgan fingerprint density at radius 3 is 2.64 bits per heavy atom. The number of hydrogen-bond acceptors (Lipinski definition) is 6. The molecular weight excluding hydrogens is 376 g/mol. The van der Waals surface area contributed by atoms with Crippen LogP contribution in [0, 0.1) is 10.1 Å². The molecule has 1 aromatic heterocycles. The lowest BCUT2D eigenvalue weighted by molar-refractivity contribution is -0.384. The predicted octanol–water partition coefficient (Wildman–Crippen LogP) is 4.62. The number of nitrogens with one attached hydrogen (secondary N) is 1. The van der Waals surface area contributed by atoms with Gasteiger partial charge in [-0.05, 0) is 37.6 Å². The standard InChI is InChI=1S/C20H22N4O3S/c1-14(20-22-17-6-3-4-7-18(17)28-20)23(2)19(25)8-5-13-21-15-9-11-16(12-10-15)24(26)27/h3-4,6-7,9-12,14,21H,5,8,13H2,1-2H3. The van der Waals surface area contributed by atoms with Crippen LogP contribution in [0.15, 0.2) is 48.5 Å². The summed E-state index contributed by atoms with van der Waals surface area (Å²) in [5, 5.41) is 14.8. The molecule has 1 unspecified atom stereocenters. The van der Waals surface area contributed by atoms with E-state index in [9.17, 15) is 14.9 Å². The topological polar surface area (TPSA) is 88.4 Å². The average Bonchev–Trinajstić information content (AvgIpc) is 3.14. The summed E-state index contributed by atoms with van der Waals surface area (Å²) in [5.74, 6) is 0.0669. The lowest BCUT2D eigenvalue weighted by Gasteiger charge is -2.23. The highest BCUT2D eigenvalue weighted by Crippen LogP contribution is 2.29. The molecule has 1 amide bonds. The number of carbonyl (C=O) groups is 1. The fourth-order valence-electron chi connectivity index (χ4n) is 2.80. The summed E-state index contributed by atoms with van der Waals surface area (Å²) in [4.78, 5) is 29.1. The molecule has 1 heterocycles. The van der Waals surface area contributed by atoms with Gasteiger partial charge in [-0.3, -0.25) is 14.9 Å². The van der Waals surface area contributed by atoms with Crippen molar-refractivity contribution >= 4 is 38.8 Å². The molecule has 28 heavy (non-hydrogen) atoms. The van der Waals surface area contributed by atoms with Gasteiger partial charge in [0.25, 0.3) is 5.69 Å². The van der Waals surface area contributed by atoms with Gasteiger partial charge in [0.05, 0.1) is 21.2 Å². The largest absolute Gasteiger partial charge is 0.385 e. The van der Waals surface area contributed by atoms with Crippen LogP contribution in [0.2, 0.25) is 0 Å². The first-order valence-electron chi connectivity index (χ1n) is 9.05. The minimum atomic E-state index is -0.426. The van der Waals surface area contributed by atoms with Crippen molar-refractivity contribution < 1.29 is 9.72 Å². The molecule has 8 heteroatoms. The van der Waals surface area contributed by atoms with E-state index in [1.54, 1.807) is 28.4 Å². The summed E-state index contributed by atoms with van der Waals surface area (Å²) in [6, 6.07) is 14.1. The quantitative estimate of drug-likeness (QED) is 0.340. The third-order valence-electron chi connectivity index (χ3n) is 4.62. The Morgan fingerprint density at radius 2 is 1.96 bits per heavy atom. The highest BCUT2D eigenvalue weighted by molar-refractivity contribution is 7.18. The van der Waals surface area contributed by atoms with Crippen molar-refractivity contribution in [3.8, 4) is 0 Å². The van der Waals surface area contributed by atoms with E-state index in [1.165, 1.54) is 12.1 Å². The number of amides is 1. The van der Waals surface area contributed by atoms with E-state index in [-0.39, 0.29) is 17.6 Å². The van der Waals surface area contributed by atoms with Gasteiger partial charge in [0.1, 0.15) is 5.01 Å². The number of benzene rings is 2. The number of nitro benzene ring substituents is 1. The van der Waals surface area contributed by atoms with E-state index in [1.807, 2.05) is 38.2 Å². The van der Waals surface area contributed by atoms with Crippen molar-refractivity contribution in [3.63, 3.8) is 0 Å². The average molecular weight is 398 g/mol. The molecule has 0 spiro atoms. The van der Waals surface area contributed by atoms with E-state index < -0.39 is 4.92 Å². The van der Waals surface area contributed by atoms with Crippen molar-refractivity contribution in [2.24, 2.45) is 0 Å². The van der Waals surface area contributed by atoms with Crippen LogP contribution in [0.3, 0.4) is 0 Å². The van der Waals surface area contributed by atoms with Gasteiger partial charge in [-0.1, -0.05) is 12.1 Å². The maximum Gasteiger partial charge on any atom is 0.269 e. The minimum absolute atomic E-state index is 0.0613. The number of carbonyl (C=O) groups excluding carboxylic acids is 1. The Hall–Kier alpha value is -3.00. The molecule has 0 bridgehead atoms. The summed E-state index contributed by atoms with van der Waals surface area (Å²) < 4.78 is 1.12. The summed E-state index contributed by atoms with van der Waals surface area (Å²) in [6.07, 6.45) is 1.10. The van der Waals surface area contributed by atoms with Crippen LogP contribution >= 0.6 is 11.3 Å². The van der Waals surface area contributed by atoms with Crippen molar-refractivity contribution in [2.75, 3.05) is 18.9 Å². The zero-order valence-electron chi connectivity index (χ0n) is 15.8. The van der Waals surface area contributed by atoms with Gasteiger partial charge in [-0.15, -0.1) is 11.3 Å². The Labute approximate surface area is 167 Å². The summed E-state index contributed by atoms with van der Waals surface area (Å²) >= 11 is 1.61. The summed E-state index contributed by atoms with van der Waals surface area (Å²) in [5.41, 5.74) is 1.82. The Morgan fingerprint density at radius 1 is 1.25 bits per heavy atom. The van der Waals surface area contributed by atoms with Crippen molar-refractivity contribution in [1.82, 2.24) is 9.88 Å². The molecule has 0 aliphatic heterocycles. The second-order valence-electron chi connectivity index (χ2n) is 6.53. The minimum Gasteiger partial charge on any atom is -0.385 e. The second kappa shape index (κ2) is 8.79. The molecule has 2 aromatic carbocycles. The summed E-state index contributed by atoms with van der Waals surface area (Å²) in [6.45, 7) is 2.61. The van der Waals surface area contributed by atoms with Gasteiger partial charge in [0, 0.05) is 37.8 Å². The van der Waals surface area contributed by atoms with Crippen LogP contribution in [0.25, 0.3) is 10.2 Å². The van der Waals surface area contributed by atoms with Gasteiger partial charge in [0.15, 0.2) is 0 Å². The fraction of sp³-hybridized carbons (Fsp3) is 0.300. The molecule has 146 valence electrons. The molecule has 3 aromatic rings. The van der Waals surface area contributed by atoms with Gasteiger partial charge in [-0.25, -0.2) is 4.98 Å². The van der Waals surface area contributed by atoms with E-state index in [0.717, 1.165) is 20.9 Å². The highest BCUT2D eigenvalue weighted by Gasteiger charge is 2.20. The van der Waals surface area contributed by atoms with Gasteiger partial charge in [0.2, 0.25) is 5.91 Å². The second-order valence-corrected chi connectivity index (χ2v) is 7.60. The SMILES string of the molecule is CC(c1nc2ccccc2s1)N(C)C(=O)CCCNc1ccc([N+](=O)[O-])cc1. The Kier molecular flexibility index (Phi) is 6.20. The van der Waals surface area contributed by atoms with Crippen molar-refractivity contribution in [2.45, 2.75) is 25.8 Å². The van der Waals surface area contributed by atoms with Crippen molar-refractivity contribution in [1.29, 1.82) is 0 Å². The summed E-state index contributed by atoms with van der Waals surface area (Å²) in [7, 11) is 1.81. The number of rotatable bonds is 8.